The first-order valence-corrected chi connectivity index (χ1v) is 8.95. The molecule has 0 radical (unpaired) electrons. The molecule has 1 heterocycles. The minimum Gasteiger partial charge on any atom is -0.493 e. The van der Waals surface area contributed by atoms with Crippen molar-refractivity contribution in [2.45, 2.75) is 6.61 Å². The van der Waals surface area contributed by atoms with Crippen molar-refractivity contribution in [3.8, 4) is 11.5 Å². The van der Waals surface area contributed by atoms with Crippen molar-refractivity contribution >= 4 is 51.9 Å². The van der Waals surface area contributed by atoms with Crippen LogP contribution in [0.4, 0.5) is 0 Å². The Morgan fingerprint density at radius 1 is 1.20 bits per heavy atom. The second-order valence-corrected chi connectivity index (χ2v) is 7.33. The van der Waals surface area contributed by atoms with Crippen LogP contribution in [0.25, 0.3) is 6.08 Å². The lowest BCUT2D eigenvalue weighted by molar-refractivity contribution is -0.115. The van der Waals surface area contributed by atoms with Gasteiger partial charge in [0.25, 0.3) is 5.91 Å². The van der Waals surface area contributed by atoms with Crippen LogP contribution < -0.4 is 14.8 Å². The molecule has 1 amide bonds. The van der Waals surface area contributed by atoms with Crippen LogP contribution in [0.1, 0.15) is 11.1 Å². The number of hydrogen-bond acceptors (Lipinski definition) is 5. The summed E-state index contributed by atoms with van der Waals surface area (Å²) >= 11 is 12.1. The second-order valence-electron chi connectivity index (χ2n) is 5.18. The van der Waals surface area contributed by atoms with E-state index in [0.29, 0.717) is 32.4 Å². The van der Waals surface area contributed by atoms with E-state index in [1.807, 2.05) is 42.5 Å². The predicted octanol–water partition coefficient (Wildman–Crippen LogP) is 4.42. The molecule has 2 aromatic rings. The summed E-state index contributed by atoms with van der Waals surface area (Å²) in [4.78, 5) is 12.3. The largest absolute Gasteiger partial charge is 0.493 e. The number of hydrogen-bond donors (Lipinski definition) is 1. The minimum atomic E-state index is -0.183. The fourth-order valence-electron chi connectivity index (χ4n) is 2.21. The highest BCUT2D eigenvalue weighted by Gasteiger charge is 2.22. The van der Waals surface area contributed by atoms with E-state index in [2.05, 4.69) is 5.32 Å². The molecule has 128 valence electrons. The van der Waals surface area contributed by atoms with Crippen LogP contribution in [0.2, 0.25) is 5.02 Å². The van der Waals surface area contributed by atoms with Gasteiger partial charge < -0.3 is 14.8 Å². The predicted molar refractivity (Wildman–Crippen MR) is 105 cm³/mol. The Hall–Kier alpha value is -2.02. The van der Waals surface area contributed by atoms with E-state index in [4.69, 9.17) is 33.3 Å². The van der Waals surface area contributed by atoms with Crippen LogP contribution in [0, 0.1) is 0 Å². The second kappa shape index (κ2) is 7.91. The average molecular weight is 392 g/mol. The lowest BCUT2D eigenvalue weighted by Crippen LogP contribution is -2.17. The van der Waals surface area contributed by atoms with Gasteiger partial charge in [-0.15, -0.1) is 0 Å². The first-order valence-electron chi connectivity index (χ1n) is 7.35. The molecule has 0 saturated carbocycles. The molecule has 0 atom stereocenters. The molecular weight excluding hydrogens is 378 g/mol. The third kappa shape index (κ3) is 4.54. The number of amides is 1. The number of methoxy groups -OCH3 is 1. The Kier molecular flexibility index (Phi) is 5.63. The van der Waals surface area contributed by atoms with Gasteiger partial charge in [0, 0.05) is 5.02 Å². The van der Waals surface area contributed by atoms with Crippen LogP contribution in [0.3, 0.4) is 0 Å². The molecule has 1 N–H and O–H groups in total. The summed E-state index contributed by atoms with van der Waals surface area (Å²) in [5.74, 6) is 1.03. The summed E-state index contributed by atoms with van der Waals surface area (Å²) in [7, 11) is 1.58. The van der Waals surface area contributed by atoms with Gasteiger partial charge in [0.15, 0.2) is 11.5 Å². The first kappa shape index (κ1) is 17.8. The normalized spacial score (nSPS) is 15.4. The lowest BCUT2D eigenvalue weighted by atomic mass is 10.2. The molecule has 4 nitrogen and oxygen atoms in total. The maximum absolute atomic E-state index is 11.7. The topological polar surface area (TPSA) is 47.6 Å². The SMILES string of the molecule is COc1cc(/C=C2\SC(=S)NC2=O)ccc1OCc1ccc(Cl)cc1. The Balaban J connectivity index is 1.75. The van der Waals surface area contributed by atoms with Gasteiger partial charge in [0.2, 0.25) is 0 Å². The zero-order valence-corrected chi connectivity index (χ0v) is 15.6. The molecule has 7 heteroatoms. The van der Waals surface area contributed by atoms with E-state index in [0.717, 1.165) is 11.1 Å². The van der Waals surface area contributed by atoms with Crippen molar-refractivity contribution in [2.24, 2.45) is 0 Å². The molecule has 1 aliphatic rings. The van der Waals surface area contributed by atoms with E-state index in [1.54, 1.807) is 13.2 Å². The van der Waals surface area contributed by atoms with Crippen molar-refractivity contribution in [1.29, 1.82) is 0 Å². The molecule has 2 aromatic carbocycles. The zero-order chi connectivity index (χ0) is 17.8. The summed E-state index contributed by atoms with van der Waals surface area (Å²) in [5, 5.41) is 3.28. The highest BCUT2D eigenvalue weighted by Crippen LogP contribution is 2.32. The Morgan fingerprint density at radius 2 is 1.96 bits per heavy atom. The van der Waals surface area contributed by atoms with E-state index < -0.39 is 0 Å². The fraction of sp³-hybridized carbons (Fsp3) is 0.111. The molecule has 1 aliphatic heterocycles. The van der Waals surface area contributed by atoms with Crippen molar-refractivity contribution in [3.05, 3.63) is 63.5 Å². The third-order valence-corrected chi connectivity index (χ3v) is 4.85. The molecule has 0 unspecified atom stereocenters. The number of carbonyl (C=O) groups excluding carboxylic acids is 1. The molecule has 0 bridgehead atoms. The van der Waals surface area contributed by atoms with Gasteiger partial charge in [0.1, 0.15) is 10.9 Å². The van der Waals surface area contributed by atoms with Gasteiger partial charge in [-0.2, -0.15) is 0 Å². The Labute approximate surface area is 160 Å². The molecule has 25 heavy (non-hydrogen) atoms. The van der Waals surface area contributed by atoms with Crippen LogP contribution in [-0.2, 0) is 11.4 Å². The molecule has 1 fully saturated rings. The van der Waals surface area contributed by atoms with Gasteiger partial charge in [0.05, 0.1) is 12.0 Å². The summed E-state index contributed by atoms with van der Waals surface area (Å²) in [6.45, 7) is 0.403. The summed E-state index contributed by atoms with van der Waals surface area (Å²) in [5.41, 5.74) is 1.84. The van der Waals surface area contributed by atoms with Crippen LogP contribution in [0.5, 0.6) is 11.5 Å². The number of benzene rings is 2. The molecule has 0 aliphatic carbocycles. The van der Waals surface area contributed by atoms with Gasteiger partial charge in [-0.05, 0) is 41.5 Å². The molecule has 1 saturated heterocycles. The zero-order valence-electron chi connectivity index (χ0n) is 13.2. The van der Waals surface area contributed by atoms with Crippen LogP contribution in [0.15, 0.2) is 47.4 Å². The fourth-order valence-corrected chi connectivity index (χ4v) is 3.38. The van der Waals surface area contributed by atoms with E-state index in [9.17, 15) is 4.79 Å². The Bertz CT molecular complexity index is 850. The van der Waals surface area contributed by atoms with E-state index >= 15 is 0 Å². The van der Waals surface area contributed by atoms with Crippen molar-refractivity contribution in [3.63, 3.8) is 0 Å². The van der Waals surface area contributed by atoms with E-state index in [1.165, 1.54) is 11.8 Å². The molecule has 3 rings (SSSR count). The maximum atomic E-state index is 11.7. The van der Waals surface area contributed by atoms with Gasteiger partial charge in [-0.3, -0.25) is 4.79 Å². The van der Waals surface area contributed by atoms with Crippen molar-refractivity contribution < 1.29 is 14.3 Å². The highest BCUT2D eigenvalue weighted by molar-refractivity contribution is 8.26. The quantitative estimate of drug-likeness (QED) is 0.604. The van der Waals surface area contributed by atoms with Crippen LogP contribution >= 0.6 is 35.6 Å². The maximum Gasteiger partial charge on any atom is 0.263 e. The first-order chi connectivity index (χ1) is 12.0. The number of thioether (sulfide) groups is 1. The van der Waals surface area contributed by atoms with Gasteiger partial charge in [-0.25, -0.2) is 0 Å². The third-order valence-electron chi connectivity index (χ3n) is 3.44. The van der Waals surface area contributed by atoms with Gasteiger partial charge >= 0.3 is 0 Å². The molecule has 0 spiro atoms. The van der Waals surface area contributed by atoms with Crippen molar-refractivity contribution in [1.82, 2.24) is 5.32 Å². The lowest BCUT2D eigenvalue weighted by Gasteiger charge is -2.11. The molecule has 0 aromatic heterocycles. The number of carbonyl (C=O) groups is 1. The number of rotatable bonds is 5. The standard InChI is InChI=1S/C18H14ClNO3S2/c1-22-15-8-12(9-16-17(21)20-18(24)25-16)4-7-14(15)23-10-11-2-5-13(19)6-3-11/h2-9H,10H2,1H3,(H,20,21,24)/b16-9-. The minimum absolute atomic E-state index is 0.183. The summed E-state index contributed by atoms with van der Waals surface area (Å²) in [6, 6.07) is 13.0. The molecular formula is C18H14ClNO3S2. The summed E-state index contributed by atoms with van der Waals surface area (Å²) < 4.78 is 11.7. The number of nitrogens with one attached hydrogen (secondary N) is 1. The Morgan fingerprint density at radius 3 is 2.60 bits per heavy atom. The van der Waals surface area contributed by atoms with Crippen LogP contribution in [-0.4, -0.2) is 17.3 Å². The number of thiocarbonyl (C=S) groups is 1. The van der Waals surface area contributed by atoms with Crippen molar-refractivity contribution in [2.75, 3.05) is 7.11 Å². The average Bonchev–Trinajstić information content (AvgIpc) is 2.92. The monoisotopic (exact) mass is 391 g/mol. The number of ether oxygens (including phenoxy) is 2. The number of halogens is 1. The highest BCUT2D eigenvalue weighted by atomic mass is 35.5. The summed E-state index contributed by atoms with van der Waals surface area (Å²) in [6.07, 6.45) is 1.77. The smallest absolute Gasteiger partial charge is 0.263 e. The van der Waals surface area contributed by atoms with Gasteiger partial charge in [-0.1, -0.05) is 53.8 Å². The van der Waals surface area contributed by atoms with E-state index in [-0.39, 0.29) is 5.91 Å².